The van der Waals surface area contributed by atoms with Crippen molar-refractivity contribution in [3.63, 3.8) is 0 Å². The van der Waals surface area contributed by atoms with E-state index in [1.165, 1.54) is 0 Å². The molecule has 0 bridgehead atoms. The average molecular weight is 409 g/mol. The number of nitrogens with one attached hydrogen (secondary N) is 1. The first-order valence-electron chi connectivity index (χ1n) is 8.74. The Hall–Kier alpha value is -3.65. The molecule has 0 saturated carbocycles. The second-order valence-electron chi connectivity index (χ2n) is 6.46. The molecule has 0 aliphatic heterocycles. The molecule has 0 radical (unpaired) electrons. The topological polar surface area (TPSA) is 96.2 Å². The molecule has 1 amide bonds. The molecule has 0 unspecified atom stereocenters. The highest BCUT2D eigenvalue weighted by Crippen LogP contribution is 2.30. The Balaban J connectivity index is 1.74. The van der Waals surface area contributed by atoms with E-state index in [4.69, 9.17) is 11.6 Å². The summed E-state index contributed by atoms with van der Waals surface area (Å²) in [5, 5.41) is 13.1. The molecule has 8 nitrogen and oxygen atoms in total. The third-order valence-electron chi connectivity index (χ3n) is 4.44. The van der Waals surface area contributed by atoms with E-state index in [0.717, 1.165) is 21.7 Å². The molecule has 0 aliphatic rings. The number of rotatable bonds is 4. The van der Waals surface area contributed by atoms with Gasteiger partial charge in [0.05, 0.1) is 16.7 Å². The lowest BCUT2D eigenvalue weighted by molar-refractivity contribution is 0.204. The lowest BCUT2D eigenvalue weighted by Gasteiger charge is -2.18. The lowest BCUT2D eigenvalue weighted by atomic mass is 10.2. The van der Waals surface area contributed by atoms with Gasteiger partial charge in [-0.25, -0.2) is 24.6 Å². The predicted octanol–water partition coefficient (Wildman–Crippen LogP) is 4.88. The Morgan fingerprint density at radius 2 is 1.90 bits per heavy atom. The Morgan fingerprint density at radius 3 is 2.59 bits per heavy atom. The molecule has 0 atom stereocenters. The van der Waals surface area contributed by atoms with Gasteiger partial charge in [-0.2, -0.15) is 0 Å². The highest BCUT2D eigenvalue weighted by molar-refractivity contribution is 6.28. The molecule has 0 spiro atoms. The molecular weight excluding hydrogens is 392 g/mol. The number of nitrogens with zero attached hydrogens (tertiary/aromatic N) is 5. The van der Waals surface area contributed by atoms with Crippen LogP contribution in [0.1, 0.15) is 5.56 Å². The third-order valence-corrected chi connectivity index (χ3v) is 4.62. The molecular formula is C20H17ClN6O2. The van der Waals surface area contributed by atoms with Gasteiger partial charge in [0.15, 0.2) is 0 Å². The number of benzene rings is 2. The summed E-state index contributed by atoms with van der Waals surface area (Å²) in [7, 11) is 1.78. The van der Waals surface area contributed by atoms with Gasteiger partial charge in [0.1, 0.15) is 5.82 Å². The zero-order valence-corrected chi connectivity index (χ0v) is 16.4. The van der Waals surface area contributed by atoms with Crippen molar-refractivity contribution in [1.29, 1.82) is 0 Å². The maximum absolute atomic E-state index is 12.0. The number of aryl methyl sites for hydroxylation is 2. The number of hydrogen-bond donors (Lipinski definition) is 2. The van der Waals surface area contributed by atoms with Crippen LogP contribution in [0.3, 0.4) is 0 Å². The molecule has 4 aromatic rings. The fourth-order valence-corrected chi connectivity index (χ4v) is 3.17. The monoisotopic (exact) mass is 408 g/mol. The van der Waals surface area contributed by atoms with E-state index < -0.39 is 6.09 Å². The maximum atomic E-state index is 12.0. The van der Waals surface area contributed by atoms with Crippen LogP contribution in [-0.2, 0) is 7.05 Å². The number of halogens is 1. The molecule has 9 heteroatoms. The van der Waals surface area contributed by atoms with E-state index in [2.05, 4.69) is 20.3 Å². The summed E-state index contributed by atoms with van der Waals surface area (Å²) in [6, 6.07) is 14.5. The van der Waals surface area contributed by atoms with Crippen LogP contribution in [-0.4, -0.2) is 30.7 Å². The first-order chi connectivity index (χ1) is 13.9. The van der Waals surface area contributed by atoms with E-state index in [9.17, 15) is 9.90 Å². The van der Waals surface area contributed by atoms with Crippen molar-refractivity contribution >= 4 is 51.9 Å². The van der Waals surface area contributed by atoms with Crippen molar-refractivity contribution in [1.82, 2.24) is 19.5 Å². The van der Waals surface area contributed by atoms with Crippen LogP contribution >= 0.6 is 11.6 Å². The lowest BCUT2D eigenvalue weighted by Crippen LogP contribution is -2.26. The van der Waals surface area contributed by atoms with Crippen molar-refractivity contribution in [2.45, 2.75) is 6.92 Å². The van der Waals surface area contributed by atoms with Crippen molar-refractivity contribution in [3.8, 4) is 0 Å². The number of fused-ring (bicyclic) bond motifs is 1. The fraction of sp³-hybridized carbons (Fsp3) is 0.100. The Morgan fingerprint density at radius 1 is 1.14 bits per heavy atom. The van der Waals surface area contributed by atoms with Gasteiger partial charge in [-0.05, 0) is 54.9 Å². The third kappa shape index (κ3) is 3.70. The van der Waals surface area contributed by atoms with Crippen molar-refractivity contribution in [2.75, 3.05) is 10.2 Å². The number of carboxylic acid groups (broad SMARTS) is 1. The molecule has 2 aromatic heterocycles. The molecule has 2 N–H and O–H groups in total. The van der Waals surface area contributed by atoms with Gasteiger partial charge in [0.2, 0.25) is 11.2 Å². The number of aromatic nitrogens is 4. The van der Waals surface area contributed by atoms with Gasteiger partial charge >= 0.3 is 6.09 Å². The zero-order valence-electron chi connectivity index (χ0n) is 15.7. The summed E-state index contributed by atoms with van der Waals surface area (Å²) in [5.41, 5.74) is 3.75. The van der Waals surface area contributed by atoms with Crippen LogP contribution in [0.2, 0.25) is 5.28 Å². The van der Waals surface area contributed by atoms with E-state index in [1.807, 2.05) is 37.3 Å². The minimum atomic E-state index is -1.11. The van der Waals surface area contributed by atoms with Crippen LogP contribution in [0, 0.1) is 6.92 Å². The van der Waals surface area contributed by atoms with Crippen LogP contribution in [0.5, 0.6) is 0 Å². The second kappa shape index (κ2) is 7.40. The quantitative estimate of drug-likeness (QED) is 0.467. The van der Waals surface area contributed by atoms with Gasteiger partial charge in [0, 0.05) is 18.9 Å². The Kier molecular flexibility index (Phi) is 4.77. The van der Waals surface area contributed by atoms with Crippen LogP contribution in [0.15, 0.2) is 54.7 Å². The normalized spacial score (nSPS) is 10.9. The molecule has 146 valence electrons. The van der Waals surface area contributed by atoms with Crippen molar-refractivity contribution in [3.05, 3.63) is 65.6 Å². The standard InChI is InChI=1S/C20H17ClN6O2/c1-12-3-6-14(7-4-12)27(20(28)29)19-24-15-11-13(5-8-16(15)26(19)2)23-17-9-10-22-18(21)25-17/h3-11H,1-2H3,(H,28,29)(H,22,23,25). The first-order valence-corrected chi connectivity index (χ1v) is 9.12. The molecule has 4 rings (SSSR count). The van der Waals surface area contributed by atoms with Gasteiger partial charge in [-0.3, -0.25) is 0 Å². The Bertz CT molecular complexity index is 1210. The summed E-state index contributed by atoms with van der Waals surface area (Å²) >= 11 is 5.82. The van der Waals surface area contributed by atoms with E-state index >= 15 is 0 Å². The summed E-state index contributed by atoms with van der Waals surface area (Å²) in [4.78, 5) is 25.7. The highest BCUT2D eigenvalue weighted by atomic mass is 35.5. The minimum Gasteiger partial charge on any atom is -0.464 e. The van der Waals surface area contributed by atoms with Crippen LogP contribution < -0.4 is 10.2 Å². The van der Waals surface area contributed by atoms with Gasteiger partial charge in [-0.1, -0.05) is 17.7 Å². The van der Waals surface area contributed by atoms with Gasteiger partial charge in [0.25, 0.3) is 0 Å². The number of carbonyl (C=O) groups is 1. The van der Waals surface area contributed by atoms with Crippen molar-refractivity contribution in [2.24, 2.45) is 7.05 Å². The largest absolute Gasteiger partial charge is 0.464 e. The molecule has 0 fully saturated rings. The van der Waals surface area contributed by atoms with Gasteiger partial charge in [-0.15, -0.1) is 0 Å². The Labute approximate surface area is 171 Å². The van der Waals surface area contributed by atoms with Crippen LogP contribution in [0.4, 0.5) is 27.9 Å². The average Bonchev–Trinajstić information content (AvgIpc) is 2.99. The number of hydrogen-bond acceptors (Lipinski definition) is 5. The number of imidazole rings is 1. The van der Waals surface area contributed by atoms with E-state index in [-0.39, 0.29) is 5.28 Å². The molecule has 2 heterocycles. The highest BCUT2D eigenvalue weighted by Gasteiger charge is 2.23. The van der Waals surface area contributed by atoms with Gasteiger partial charge < -0.3 is 15.0 Å². The minimum absolute atomic E-state index is 0.145. The first kappa shape index (κ1) is 18.7. The fourth-order valence-electron chi connectivity index (χ4n) is 3.02. The summed E-state index contributed by atoms with van der Waals surface area (Å²) in [6.07, 6.45) is 0.447. The second-order valence-corrected chi connectivity index (χ2v) is 6.80. The smallest absolute Gasteiger partial charge is 0.418 e. The maximum Gasteiger partial charge on any atom is 0.418 e. The summed E-state index contributed by atoms with van der Waals surface area (Å²) < 4.78 is 1.74. The SMILES string of the molecule is Cc1ccc(N(C(=O)O)c2nc3cc(Nc4ccnc(Cl)n4)ccc3n2C)cc1. The predicted molar refractivity (Wildman–Crippen MR) is 112 cm³/mol. The summed E-state index contributed by atoms with van der Waals surface area (Å²) in [6.45, 7) is 1.95. The number of amides is 1. The van der Waals surface area contributed by atoms with Crippen LogP contribution in [0.25, 0.3) is 11.0 Å². The van der Waals surface area contributed by atoms with Crippen molar-refractivity contribution < 1.29 is 9.90 Å². The summed E-state index contributed by atoms with van der Waals surface area (Å²) in [5.74, 6) is 0.853. The molecule has 2 aromatic carbocycles. The van der Waals surface area contributed by atoms with E-state index in [0.29, 0.717) is 23.0 Å². The van der Waals surface area contributed by atoms with E-state index in [1.54, 1.807) is 36.0 Å². The molecule has 0 saturated heterocycles. The molecule has 29 heavy (non-hydrogen) atoms. The zero-order chi connectivity index (χ0) is 20.5. The number of anilines is 4. The molecule has 0 aliphatic carbocycles.